The van der Waals surface area contributed by atoms with Gasteiger partial charge >= 0.3 is 0 Å². The lowest BCUT2D eigenvalue weighted by Gasteiger charge is -2.13. The molecule has 0 bridgehead atoms. The van der Waals surface area contributed by atoms with Crippen LogP contribution in [0.3, 0.4) is 0 Å². The number of Topliss-reactive ketones (excluding diaryl/α,β-unsaturated/α-hetero) is 2. The lowest BCUT2D eigenvalue weighted by molar-refractivity contribution is 0.0984. The van der Waals surface area contributed by atoms with Gasteiger partial charge in [-0.2, -0.15) is 0 Å². The highest BCUT2D eigenvalue weighted by Crippen LogP contribution is 2.32. The molecule has 7 aromatic rings. The van der Waals surface area contributed by atoms with Crippen molar-refractivity contribution in [3.05, 3.63) is 178 Å². The number of phenolic OH excluding ortho intramolecular Hbond substituents is 1. The molecule has 0 amide bonds. The van der Waals surface area contributed by atoms with Crippen LogP contribution in [0.2, 0.25) is 0 Å². The Morgan fingerprint density at radius 1 is 0.673 bits per heavy atom. The Hall–Kier alpha value is -6.51. The molecular formula is C47H43NO7. The molecule has 55 heavy (non-hydrogen) atoms. The number of hydrogen-bond acceptors (Lipinski definition) is 8. The monoisotopic (exact) mass is 733 g/mol. The number of carbonyl (C=O) groups is 2. The van der Waals surface area contributed by atoms with Gasteiger partial charge in [0.05, 0.1) is 17.4 Å². The molecule has 1 heterocycles. The minimum atomic E-state index is -0.117. The molecule has 1 N–H and O–H groups in total. The molecule has 0 unspecified atom stereocenters. The van der Waals surface area contributed by atoms with Crippen molar-refractivity contribution in [2.75, 3.05) is 27.2 Å². The molecule has 0 aliphatic rings. The van der Waals surface area contributed by atoms with Gasteiger partial charge in [0.15, 0.2) is 22.9 Å². The normalized spacial score (nSPS) is 10.9. The Kier molecular flexibility index (Phi) is 12.5. The Morgan fingerprint density at radius 2 is 1.29 bits per heavy atom. The molecule has 0 saturated carbocycles. The van der Waals surface area contributed by atoms with Crippen LogP contribution in [0.5, 0.6) is 23.0 Å². The third-order valence-electron chi connectivity index (χ3n) is 8.84. The van der Waals surface area contributed by atoms with E-state index in [1.54, 1.807) is 60.7 Å². The highest BCUT2D eigenvalue weighted by molar-refractivity contribution is 5.98. The number of hydrogen-bond donors (Lipinski definition) is 1. The van der Waals surface area contributed by atoms with Gasteiger partial charge in [0.1, 0.15) is 22.8 Å². The van der Waals surface area contributed by atoms with Gasteiger partial charge in [-0.05, 0) is 92.7 Å². The van der Waals surface area contributed by atoms with E-state index in [0.29, 0.717) is 69.8 Å². The largest absolute Gasteiger partial charge is 0.508 e. The molecule has 0 saturated heterocycles. The third-order valence-corrected chi connectivity index (χ3v) is 8.84. The van der Waals surface area contributed by atoms with Crippen LogP contribution >= 0.6 is 0 Å². The molecule has 278 valence electrons. The maximum atomic E-state index is 13.4. The van der Waals surface area contributed by atoms with Crippen molar-refractivity contribution < 1.29 is 28.6 Å². The number of rotatable bonds is 13. The van der Waals surface area contributed by atoms with Gasteiger partial charge in [0.25, 0.3) is 0 Å². The SMILES string of the molecule is Cc1cc(OCCCN(C)C)c2oc3cc(Oc4cccc(C(=O)Cc5ccccc5)c4)ccc3c(=O)c2c1.O=C(Cc1ccccc1)c1cccc(O)c1. The summed E-state index contributed by atoms with van der Waals surface area (Å²) in [5, 5.41) is 10.2. The fourth-order valence-electron chi connectivity index (χ4n) is 6.09. The number of ketones is 2. The predicted molar refractivity (Wildman–Crippen MR) is 217 cm³/mol. The minimum Gasteiger partial charge on any atom is -0.508 e. The predicted octanol–water partition coefficient (Wildman–Crippen LogP) is 9.62. The van der Waals surface area contributed by atoms with E-state index in [0.717, 1.165) is 29.7 Å². The number of aryl methyl sites for hydroxylation is 1. The first-order chi connectivity index (χ1) is 26.6. The molecule has 0 radical (unpaired) electrons. The van der Waals surface area contributed by atoms with Crippen molar-refractivity contribution >= 4 is 33.5 Å². The molecule has 6 aromatic carbocycles. The summed E-state index contributed by atoms with van der Waals surface area (Å²) in [6.45, 7) is 3.35. The third kappa shape index (κ3) is 10.3. The summed E-state index contributed by atoms with van der Waals surface area (Å²) in [5.41, 5.74) is 4.70. The molecule has 8 nitrogen and oxygen atoms in total. The second kappa shape index (κ2) is 18.0. The highest BCUT2D eigenvalue weighted by Gasteiger charge is 2.15. The second-order valence-electron chi connectivity index (χ2n) is 13.6. The molecular weight excluding hydrogens is 691 g/mol. The smallest absolute Gasteiger partial charge is 0.200 e. The van der Waals surface area contributed by atoms with Gasteiger partial charge in [0, 0.05) is 36.6 Å². The molecule has 8 heteroatoms. The van der Waals surface area contributed by atoms with E-state index in [1.165, 1.54) is 6.07 Å². The molecule has 0 fully saturated rings. The van der Waals surface area contributed by atoms with E-state index >= 15 is 0 Å². The van der Waals surface area contributed by atoms with Crippen LogP contribution in [-0.2, 0) is 12.8 Å². The number of carbonyl (C=O) groups excluding carboxylic acids is 2. The molecule has 7 rings (SSSR count). The van der Waals surface area contributed by atoms with Gasteiger partial charge in [-0.15, -0.1) is 0 Å². The van der Waals surface area contributed by atoms with Crippen LogP contribution in [0.15, 0.2) is 149 Å². The van der Waals surface area contributed by atoms with Gasteiger partial charge in [-0.3, -0.25) is 14.4 Å². The van der Waals surface area contributed by atoms with E-state index in [-0.39, 0.29) is 22.7 Å². The number of fused-ring (bicyclic) bond motifs is 2. The van der Waals surface area contributed by atoms with Crippen LogP contribution in [0.1, 0.15) is 43.8 Å². The summed E-state index contributed by atoms with van der Waals surface area (Å²) in [4.78, 5) is 40.1. The standard InChI is InChI=1S/C33H31NO5.C14H12O2/c1-22-17-28-32(36)27-14-13-26(21-30(27)39-33(28)31(18-22)37-16-8-15-34(2)3)38-25-12-7-11-24(20-25)29(35)19-23-9-5-4-6-10-23;15-13-8-4-7-12(10-13)14(16)9-11-5-2-1-3-6-11/h4-7,9-14,17-18,20-21H,8,15-16,19H2,1-3H3;1-8,10,15H,9H2. The first-order valence-corrected chi connectivity index (χ1v) is 18.1. The van der Waals surface area contributed by atoms with Gasteiger partial charge in [-0.1, -0.05) is 84.9 Å². The summed E-state index contributed by atoms with van der Waals surface area (Å²) in [7, 11) is 4.04. The molecule has 0 spiro atoms. The van der Waals surface area contributed by atoms with Crippen LogP contribution in [0, 0.1) is 6.92 Å². The zero-order valence-electron chi connectivity index (χ0n) is 31.2. The van der Waals surface area contributed by atoms with Crippen LogP contribution in [0.4, 0.5) is 0 Å². The number of nitrogens with zero attached hydrogens (tertiary/aromatic N) is 1. The zero-order valence-corrected chi connectivity index (χ0v) is 31.2. The van der Waals surface area contributed by atoms with Crippen molar-refractivity contribution in [2.45, 2.75) is 26.2 Å². The number of aromatic hydroxyl groups is 1. The fourth-order valence-corrected chi connectivity index (χ4v) is 6.09. The Balaban J connectivity index is 0.000000268. The van der Waals surface area contributed by atoms with Crippen LogP contribution < -0.4 is 14.9 Å². The molecule has 0 aliphatic heterocycles. The highest BCUT2D eigenvalue weighted by atomic mass is 16.5. The minimum absolute atomic E-state index is 0.0102. The van der Waals surface area contributed by atoms with E-state index in [2.05, 4.69) is 4.90 Å². The van der Waals surface area contributed by atoms with E-state index < -0.39 is 0 Å². The van der Waals surface area contributed by atoms with Gasteiger partial charge < -0.3 is 23.9 Å². The average molecular weight is 734 g/mol. The summed E-state index contributed by atoms with van der Waals surface area (Å²) in [6.07, 6.45) is 1.53. The topological polar surface area (TPSA) is 106 Å². The summed E-state index contributed by atoms with van der Waals surface area (Å²) < 4.78 is 18.3. The molecule has 1 aromatic heterocycles. The van der Waals surface area contributed by atoms with Crippen molar-refractivity contribution in [1.29, 1.82) is 0 Å². The van der Waals surface area contributed by atoms with E-state index in [9.17, 15) is 19.5 Å². The maximum absolute atomic E-state index is 13.4. The molecule has 0 atom stereocenters. The second-order valence-corrected chi connectivity index (χ2v) is 13.6. The Bertz CT molecular complexity index is 2470. The number of benzene rings is 6. The van der Waals surface area contributed by atoms with Crippen LogP contribution in [0.25, 0.3) is 21.9 Å². The van der Waals surface area contributed by atoms with Crippen molar-refractivity contribution in [3.63, 3.8) is 0 Å². The first-order valence-electron chi connectivity index (χ1n) is 18.1. The van der Waals surface area contributed by atoms with Crippen molar-refractivity contribution in [2.24, 2.45) is 0 Å². The molecule has 0 aliphatic carbocycles. The Labute approximate surface area is 320 Å². The van der Waals surface area contributed by atoms with E-state index in [4.69, 9.17) is 13.9 Å². The Morgan fingerprint density at radius 3 is 1.93 bits per heavy atom. The maximum Gasteiger partial charge on any atom is 0.200 e. The summed E-state index contributed by atoms with van der Waals surface area (Å²) >= 11 is 0. The van der Waals surface area contributed by atoms with Gasteiger partial charge in [0.2, 0.25) is 5.43 Å². The lowest BCUT2D eigenvalue weighted by Crippen LogP contribution is -2.15. The van der Waals surface area contributed by atoms with Crippen LogP contribution in [-0.4, -0.2) is 48.8 Å². The summed E-state index contributed by atoms with van der Waals surface area (Å²) in [6, 6.07) is 41.6. The van der Waals surface area contributed by atoms with E-state index in [1.807, 2.05) is 93.8 Å². The van der Waals surface area contributed by atoms with Crippen molar-refractivity contribution in [1.82, 2.24) is 4.90 Å². The average Bonchev–Trinajstić information content (AvgIpc) is 3.18. The summed E-state index contributed by atoms with van der Waals surface area (Å²) in [5.74, 6) is 1.73. The first kappa shape index (κ1) is 38.2. The van der Waals surface area contributed by atoms with Crippen molar-refractivity contribution in [3.8, 4) is 23.0 Å². The lowest BCUT2D eigenvalue weighted by atomic mass is 10.0. The number of ether oxygens (including phenoxy) is 2. The number of phenols is 1. The fraction of sp³-hybridized carbons (Fsp3) is 0.170. The van der Waals surface area contributed by atoms with Gasteiger partial charge in [-0.25, -0.2) is 0 Å². The quantitative estimate of drug-likeness (QED) is 0.0710. The zero-order chi connectivity index (χ0) is 38.7.